The molecule has 0 spiro atoms. The van der Waals surface area contributed by atoms with Gasteiger partial charge in [-0.15, -0.1) is 0 Å². The van der Waals surface area contributed by atoms with Crippen LogP contribution >= 0.6 is 0 Å². The van der Waals surface area contributed by atoms with E-state index >= 15 is 0 Å². The van der Waals surface area contributed by atoms with Gasteiger partial charge in [-0.25, -0.2) is 4.98 Å². The van der Waals surface area contributed by atoms with Gasteiger partial charge in [0.25, 0.3) is 0 Å². The van der Waals surface area contributed by atoms with Crippen molar-refractivity contribution in [2.24, 2.45) is 0 Å². The van der Waals surface area contributed by atoms with Gasteiger partial charge in [0, 0.05) is 11.6 Å². The Hall–Kier alpha value is -5.47. The number of imidazole rings is 1. The minimum atomic E-state index is 0.292. The molecule has 0 aliphatic rings. The molecule has 0 saturated heterocycles. The Morgan fingerprint density at radius 2 is 0.909 bits per heavy atom. The fourth-order valence-electron chi connectivity index (χ4n) is 6.78. The first-order chi connectivity index (χ1) is 21.7. The van der Waals surface area contributed by atoms with E-state index in [1.165, 1.54) is 54.9 Å². The molecular weight excluding hydrogens is 532 g/mol. The van der Waals surface area contributed by atoms with Crippen molar-refractivity contribution in [1.29, 1.82) is 0 Å². The van der Waals surface area contributed by atoms with Crippen molar-refractivity contribution >= 4 is 32.6 Å². The Labute approximate surface area is 257 Å². The van der Waals surface area contributed by atoms with Gasteiger partial charge in [-0.1, -0.05) is 133 Å². The zero-order valence-corrected chi connectivity index (χ0v) is 24.9. The number of nitrogens with zero attached hydrogens (tertiary/aromatic N) is 2. The summed E-state index contributed by atoms with van der Waals surface area (Å²) in [5.74, 6) is 1.01. The number of hydrogen-bond acceptors (Lipinski definition) is 1. The maximum absolute atomic E-state index is 5.18. The van der Waals surface area contributed by atoms with E-state index in [0.29, 0.717) is 6.04 Å². The predicted octanol–water partition coefficient (Wildman–Crippen LogP) is 11.6. The normalized spacial score (nSPS) is 11.6. The van der Waals surface area contributed by atoms with Crippen LogP contribution < -0.4 is 0 Å². The van der Waals surface area contributed by atoms with E-state index in [0.717, 1.165) is 22.4 Å². The zero-order chi connectivity index (χ0) is 29.6. The van der Waals surface area contributed by atoms with Gasteiger partial charge in [-0.3, -0.25) is 0 Å². The first-order valence-corrected chi connectivity index (χ1v) is 15.3. The molecule has 44 heavy (non-hydrogen) atoms. The highest BCUT2D eigenvalue weighted by molar-refractivity contribution is 6.22. The Bertz CT molecular complexity index is 2280. The molecule has 2 nitrogen and oxygen atoms in total. The number of hydrogen-bond donors (Lipinski definition) is 0. The minimum Gasteiger partial charge on any atom is -0.321 e. The van der Waals surface area contributed by atoms with Crippen molar-refractivity contribution < 1.29 is 0 Å². The van der Waals surface area contributed by atoms with Gasteiger partial charge in [0.2, 0.25) is 0 Å². The highest BCUT2D eigenvalue weighted by Gasteiger charge is 2.19. The van der Waals surface area contributed by atoms with Crippen molar-refractivity contribution in [3.05, 3.63) is 152 Å². The zero-order valence-electron chi connectivity index (χ0n) is 24.9. The molecular formula is C42H32N2. The number of aromatic nitrogens is 2. The fourth-order valence-corrected chi connectivity index (χ4v) is 6.78. The third kappa shape index (κ3) is 4.30. The van der Waals surface area contributed by atoms with Gasteiger partial charge in [-0.05, 0) is 87.0 Å². The van der Waals surface area contributed by atoms with Crippen LogP contribution in [0.15, 0.2) is 152 Å². The van der Waals surface area contributed by atoms with Crippen LogP contribution in [-0.2, 0) is 0 Å². The van der Waals surface area contributed by atoms with Gasteiger partial charge >= 0.3 is 0 Å². The molecule has 1 aromatic heterocycles. The lowest BCUT2D eigenvalue weighted by Crippen LogP contribution is -2.02. The molecule has 0 radical (unpaired) electrons. The van der Waals surface area contributed by atoms with Gasteiger partial charge in [-0.2, -0.15) is 0 Å². The van der Waals surface area contributed by atoms with E-state index < -0.39 is 0 Å². The fraction of sp³-hybridized carbons (Fsp3) is 0.0714. The molecule has 0 fully saturated rings. The summed E-state index contributed by atoms with van der Waals surface area (Å²) >= 11 is 0. The summed E-state index contributed by atoms with van der Waals surface area (Å²) in [5.41, 5.74) is 10.7. The van der Waals surface area contributed by atoms with E-state index in [1.54, 1.807) is 0 Å². The standard InChI is InChI=1S/C42H32N2/c1-28(2)44-39-25-23-33(27-38(39)43-42(44)31-18-10-5-11-19-31)32-22-24-36-37(26-32)41(30-16-8-4-9-17-30)35-21-13-12-20-34(35)40(36)29-14-6-3-7-15-29/h3-28H,1-2H3. The van der Waals surface area contributed by atoms with Crippen LogP contribution in [0, 0.1) is 0 Å². The van der Waals surface area contributed by atoms with E-state index in [-0.39, 0.29) is 0 Å². The number of rotatable bonds is 5. The van der Waals surface area contributed by atoms with E-state index in [2.05, 4.69) is 170 Å². The smallest absolute Gasteiger partial charge is 0.141 e. The van der Waals surface area contributed by atoms with E-state index in [4.69, 9.17) is 4.98 Å². The Morgan fingerprint density at radius 1 is 0.432 bits per heavy atom. The summed E-state index contributed by atoms with van der Waals surface area (Å²) in [6, 6.07) is 55.0. The van der Waals surface area contributed by atoms with Gasteiger partial charge in [0.1, 0.15) is 5.82 Å². The Kier molecular flexibility index (Phi) is 6.34. The van der Waals surface area contributed by atoms with E-state index in [1.807, 2.05) is 0 Å². The number of fused-ring (bicyclic) bond motifs is 3. The summed E-state index contributed by atoms with van der Waals surface area (Å²) in [6.45, 7) is 4.45. The molecule has 0 amide bonds. The molecule has 0 aliphatic heterocycles. The van der Waals surface area contributed by atoms with Crippen LogP contribution in [0.3, 0.4) is 0 Å². The molecule has 0 N–H and O–H groups in total. The van der Waals surface area contributed by atoms with Crippen molar-refractivity contribution in [1.82, 2.24) is 9.55 Å². The van der Waals surface area contributed by atoms with Crippen LogP contribution in [0.25, 0.3) is 77.3 Å². The number of benzene rings is 7. The topological polar surface area (TPSA) is 17.8 Å². The minimum absolute atomic E-state index is 0.292. The second kappa shape index (κ2) is 10.7. The summed E-state index contributed by atoms with van der Waals surface area (Å²) in [7, 11) is 0. The molecule has 0 aliphatic carbocycles. The summed E-state index contributed by atoms with van der Waals surface area (Å²) in [6.07, 6.45) is 0. The predicted molar refractivity (Wildman–Crippen MR) is 187 cm³/mol. The lowest BCUT2D eigenvalue weighted by molar-refractivity contribution is 0.624. The third-order valence-corrected chi connectivity index (χ3v) is 8.72. The quantitative estimate of drug-likeness (QED) is 0.190. The van der Waals surface area contributed by atoms with Crippen LogP contribution in [-0.4, -0.2) is 9.55 Å². The van der Waals surface area contributed by atoms with Gasteiger partial charge < -0.3 is 4.57 Å². The summed E-state index contributed by atoms with van der Waals surface area (Å²) < 4.78 is 2.35. The molecule has 1 heterocycles. The molecule has 0 atom stereocenters. The van der Waals surface area contributed by atoms with E-state index in [9.17, 15) is 0 Å². The van der Waals surface area contributed by atoms with Crippen molar-refractivity contribution in [3.8, 4) is 44.8 Å². The van der Waals surface area contributed by atoms with Gasteiger partial charge in [0.15, 0.2) is 0 Å². The largest absolute Gasteiger partial charge is 0.321 e. The first-order valence-electron chi connectivity index (χ1n) is 15.3. The lowest BCUT2D eigenvalue weighted by atomic mass is 9.85. The summed E-state index contributed by atoms with van der Waals surface area (Å²) in [5, 5.41) is 5.05. The molecule has 2 heteroatoms. The van der Waals surface area contributed by atoms with Crippen LogP contribution in [0.2, 0.25) is 0 Å². The lowest BCUT2D eigenvalue weighted by Gasteiger charge is -2.18. The Balaban J connectivity index is 1.40. The first kappa shape index (κ1) is 26.2. The maximum Gasteiger partial charge on any atom is 0.141 e. The van der Waals surface area contributed by atoms with Crippen molar-refractivity contribution in [3.63, 3.8) is 0 Å². The second-order valence-corrected chi connectivity index (χ2v) is 11.8. The molecule has 0 unspecified atom stereocenters. The molecule has 8 rings (SSSR count). The molecule has 0 bridgehead atoms. The average molecular weight is 565 g/mol. The molecule has 8 aromatic rings. The van der Waals surface area contributed by atoms with Crippen molar-refractivity contribution in [2.45, 2.75) is 19.9 Å². The van der Waals surface area contributed by atoms with Crippen molar-refractivity contribution in [2.75, 3.05) is 0 Å². The molecule has 7 aromatic carbocycles. The Morgan fingerprint density at radius 3 is 1.50 bits per heavy atom. The highest BCUT2D eigenvalue weighted by atomic mass is 15.1. The van der Waals surface area contributed by atoms with Crippen LogP contribution in [0.4, 0.5) is 0 Å². The van der Waals surface area contributed by atoms with Crippen LogP contribution in [0.1, 0.15) is 19.9 Å². The monoisotopic (exact) mass is 564 g/mol. The summed E-state index contributed by atoms with van der Waals surface area (Å²) in [4.78, 5) is 5.18. The maximum atomic E-state index is 5.18. The average Bonchev–Trinajstić information content (AvgIpc) is 3.47. The SMILES string of the molecule is CC(C)n1c(-c2ccccc2)nc2cc(-c3ccc4c(-c5ccccc5)c5ccccc5c(-c5ccccc5)c4c3)ccc21. The van der Waals surface area contributed by atoms with Crippen LogP contribution in [0.5, 0.6) is 0 Å². The van der Waals surface area contributed by atoms with Gasteiger partial charge in [0.05, 0.1) is 11.0 Å². The molecule has 0 saturated carbocycles. The highest BCUT2D eigenvalue weighted by Crippen LogP contribution is 2.45. The second-order valence-electron chi connectivity index (χ2n) is 11.8. The molecule has 210 valence electrons. The third-order valence-electron chi connectivity index (χ3n) is 8.72.